The van der Waals surface area contributed by atoms with Crippen LogP contribution in [0.5, 0.6) is 5.75 Å². The van der Waals surface area contributed by atoms with E-state index in [0.29, 0.717) is 6.61 Å². The molecule has 1 aromatic carbocycles. The number of aryl methyl sites for hydroxylation is 1. The van der Waals surface area contributed by atoms with Crippen LogP contribution in [0.15, 0.2) is 18.2 Å². The van der Waals surface area contributed by atoms with Gasteiger partial charge in [-0.05, 0) is 12.0 Å². The molecule has 0 bridgehead atoms. The number of hydrogen-bond acceptors (Lipinski definition) is 2. The van der Waals surface area contributed by atoms with E-state index in [1.165, 1.54) is 5.56 Å². The largest absolute Gasteiger partial charge is 0.496 e. The van der Waals surface area contributed by atoms with Crippen LogP contribution in [0.2, 0.25) is 0 Å². The highest BCUT2D eigenvalue weighted by atomic mass is 16.5. The van der Waals surface area contributed by atoms with Gasteiger partial charge in [-0.3, -0.25) is 0 Å². The number of benzene rings is 1. The Morgan fingerprint density at radius 1 is 1.15 bits per heavy atom. The number of para-hydroxylation sites is 1. The van der Waals surface area contributed by atoms with Crippen LogP contribution in [0.1, 0.15) is 18.1 Å². The van der Waals surface area contributed by atoms with Crippen molar-refractivity contribution in [2.75, 3.05) is 14.2 Å². The Kier molecular flexibility index (Phi) is 3.77. The molecule has 0 amide bonds. The summed E-state index contributed by atoms with van der Waals surface area (Å²) >= 11 is 0. The zero-order valence-electron chi connectivity index (χ0n) is 8.46. The Balaban J connectivity index is 3.03. The summed E-state index contributed by atoms with van der Waals surface area (Å²) in [5.74, 6) is 0.965. The first-order chi connectivity index (χ1) is 6.33. The van der Waals surface area contributed by atoms with Crippen LogP contribution in [0.4, 0.5) is 0 Å². The zero-order valence-corrected chi connectivity index (χ0v) is 8.46. The maximum atomic E-state index is 5.34. The number of hydrogen-bond donors (Lipinski definition) is 0. The molecule has 0 aromatic heterocycles. The van der Waals surface area contributed by atoms with Crippen LogP contribution in [0.25, 0.3) is 0 Å². The second kappa shape index (κ2) is 4.87. The highest BCUT2D eigenvalue weighted by Crippen LogP contribution is 2.24. The molecule has 0 radical (unpaired) electrons. The van der Waals surface area contributed by atoms with E-state index in [1.54, 1.807) is 14.2 Å². The van der Waals surface area contributed by atoms with E-state index in [1.807, 2.05) is 12.1 Å². The van der Waals surface area contributed by atoms with Gasteiger partial charge in [0.05, 0.1) is 13.7 Å². The lowest BCUT2D eigenvalue weighted by atomic mass is 10.1. The molecule has 0 saturated heterocycles. The normalized spacial score (nSPS) is 10.1. The summed E-state index contributed by atoms with van der Waals surface area (Å²) in [5, 5.41) is 0. The highest BCUT2D eigenvalue weighted by molar-refractivity contribution is 5.41. The van der Waals surface area contributed by atoms with Crippen molar-refractivity contribution in [3.63, 3.8) is 0 Å². The van der Waals surface area contributed by atoms with Crippen LogP contribution < -0.4 is 4.74 Å². The SMILES string of the molecule is CCc1cccc(COC)c1OC. The van der Waals surface area contributed by atoms with E-state index in [-0.39, 0.29) is 0 Å². The Morgan fingerprint density at radius 2 is 1.85 bits per heavy atom. The molecular weight excluding hydrogens is 164 g/mol. The molecule has 0 aliphatic heterocycles. The fourth-order valence-electron chi connectivity index (χ4n) is 1.45. The number of rotatable bonds is 4. The minimum Gasteiger partial charge on any atom is -0.496 e. The van der Waals surface area contributed by atoms with E-state index in [2.05, 4.69) is 13.0 Å². The summed E-state index contributed by atoms with van der Waals surface area (Å²) in [7, 11) is 3.39. The van der Waals surface area contributed by atoms with Crippen LogP contribution in [0, 0.1) is 0 Å². The molecule has 0 unspecified atom stereocenters. The second-order valence-electron chi connectivity index (χ2n) is 2.90. The molecule has 13 heavy (non-hydrogen) atoms. The van der Waals surface area contributed by atoms with Gasteiger partial charge < -0.3 is 9.47 Å². The van der Waals surface area contributed by atoms with Crippen molar-refractivity contribution < 1.29 is 9.47 Å². The monoisotopic (exact) mass is 180 g/mol. The average molecular weight is 180 g/mol. The molecule has 0 aliphatic rings. The van der Waals surface area contributed by atoms with Gasteiger partial charge in [0.1, 0.15) is 5.75 Å². The molecule has 0 atom stereocenters. The molecule has 2 nitrogen and oxygen atoms in total. The van der Waals surface area contributed by atoms with E-state index < -0.39 is 0 Å². The van der Waals surface area contributed by atoms with Gasteiger partial charge in [-0.1, -0.05) is 25.1 Å². The van der Waals surface area contributed by atoms with Gasteiger partial charge >= 0.3 is 0 Å². The van der Waals surface area contributed by atoms with Crippen molar-refractivity contribution in [3.05, 3.63) is 29.3 Å². The Labute approximate surface area is 79.5 Å². The lowest BCUT2D eigenvalue weighted by Crippen LogP contribution is -1.97. The summed E-state index contributed by atoms with van der Waals surface area (Å²) in [6.07, 6.45) is 0.987. The number of methoxy groups -OCH3 is 2. The molecule has 2 heteroatoms. The van der Waals surface area contributed by atoms with E-state index in [9.17, 15) is 0 Å². The summed E-state index contributed by atoms with van der Waals surface area (Å²) < 4.78 is 10.4. The zero-order chi connectivity index (χ0) is 9.68. The van der Waals surface area contributed by atoms with Crippen LogP contribution in [0.3, 0.4) is 0 Å². The topological polar surface area (TPSA) is 18.5 Å². The Bertz CT molecular complexity index is 269. The van der Waals surface area contributed by atoms with Crippen molar-refractivity contribution in [3.8, 4) is 5.75 Å². The van der Waals surface area contributed by atoms with Gasteiger partial charge in [0.15, 0.2) is 0 Å². The van der Waals surface area contributed by atoms with Gasteiger partial charge in [-0.2, -0.15) is 0 Å². The summed E-state index contributed by atoms with van der Waals surface area (Å²) in [6.45, 7) is 2.73. The summed E-state index contributed by atoms with van der Waals surface area (Å²) in [4.78, 5) is 0. The third-order valence-electron chi connectivity index (χ3n) is 2.06. The fourth-order valence-corrected chi connectivity index (χ4v) is 1.45. The molecule has 0 aliphatic carbocycles. The Morgan fingerprint density at radius 3 is 2.38 bits per heavy atom. The first-order valence-electron chi connectivity index (χ1n) is 4.47. The molecule has 72 valence electrons. The average Bonchev–Trinajstić information content (AvgIpc) is 2.18. The summed E-state index contributed by atoms with van der Waals surface area (Å²) in [6, 6.07) is 6.15. The number of ether oxygens (including phenoxy) is 2. The lowest BCUT2D eigenvalue weighted by molar-refractivity contribution is 0.181. The van der Waals surface area contributed by atoms with Crippen molar-refractivity contribution in [2.24, 2.45) is 0 Å². The van der Waals surface area contributed by atoms with Crippen molar-refractivity contribution in [1.82, 2.24) is 0 Å². The third-order valence-corrected chi connectivity index (χ3v) is 2.06. The van der Waals surface area contributed by atoms with Crippen molar-refractivity contribution in [2.45, 2.75) is 20.0 Å². The molecule has 0 spiro atoms. The first-order valence-corrected chi connectivity index (χ1v) is 4.47. The first kappa shape index (κ1) is 10.1. The van der Waals surface area contributed by atoms with Gasteiger partial charge in [0, 0.05) is 12.7 Å². The third kappa shape index (κ3) is 2.22. The quantitative estimate of drug-likeness (QED) is 0.708. The lowest BCUT2D eigenvalue weighted by Gasteiger charge is -2.11. The van der Waals surface area contributed by atoms with Gasteiger partial charge in [-0.15, -0.1) is 0 Å². The minimum atomic E-state index is 0.608. The molecular formula is C11H16O2. The van der Waals surface area contributed by atoms with E-state index in [4.69, 9.17) is 9.47 Å². The van der Waals surface area contributed by atoms with Gasteiger partial charge in [0.25, 0.3) is 0 Å². The van der Waals surface area contributed by atoms with Crippen LogP contribution in [-0.4, -0.2) is 14.2 Å². The molecule has 0 heterocycles. The maximum absolute atomic E-state index is 5.34. The predicted molar refractivity (Wildman–Crippen MR) is 53.1 cm³/mol. The highest BCUT2D eigenvalue weighted by Gasteiger charge is 2.06. The maximum Gasteiger partial charge on any atom is 0.127 e. The predicted octanol–water partition coefficient (Wildman–Crippen LogP) is 2.40. The fraction of sp³-hybridized carbons (Fsp3) is 0.455. The van der Waals surface area contributed by atoms with Crippen molar-refractivity contribution in [1.29, 1.82) is 0 Å². The van der Waals surface area contributed by atoms with Gasteiger partial charge in [-0.25, -0.2) is 0 Å². The van der Waals surface area contributed by atoms with E-state index >= 15 is 0 Å². The van der Waals surface area contributed by atoms with Crippen LogP contribution >= 0.6 is 0 Å². The minimum absolute atomic E-state index is 0.608. The molecule has 1 rings (SSSR count). The second-order valence-corrected chi connectivity index (χ2v) is 2.90. The van der Waals surface area contributed by atoms with Crippen molar-refractivity contribution >= 4 is 0 Å². The van der Waals surface area contributed by atoms with Crippen LogP contribution in [-0.2, 0) is 17.8 Å². The Hall–Kier alpha value is -1.02. The summed E-state index contributed by atoms with van der Waals surface area (Å²) in [5.41, 5.74) is 2.35. The van der Waals surface area contributed by atoms with Gasteiger partial charge in [0.2, 0.25) is 0 Å². The van der Waals surface area contributed by atoms with E-state index in [0.717, 1.165) is 17.7 Å². The molecule has 0 N–H and O–H groups in total. The molecule has 0 fully saturated rings. The standard InChI is InChI=1S/C11H16O2/c1-4-9-6-5-7-10(8-12-2)11(9)13-3/h5-7H,4,8H2,1-3H3. The molecule has 0 saturated carbocycles. The molecule has 1 aromatic rings. The smallest absolute Gasteiger partial charge is 0.127 e.